The summed E-state index contributed by atoms with van der Waals surface area (Å²) in [6.45, 7) is 0.173. The molecule has 0 spiro atoms. The van der Waals surface area contributed by atoms with Gasteiger partial charge in [0.25, 0.3) is 0 Å². The van der Waals surface area contributed by atoms with Crippen molar-refractivity contribution < 1.29 is 14.7 Å². The van der Waals surface area contributed by atoms with E-state index >= 15 is 0 Å². The van der Waals surface area contributed by atoms with Crippen LogP contribution in [0.25, 0.3) is 0 Å². The monoisotopic (exact) mass is 431 g/mol. The summed E-state index contributed by atoms with van der Waals surface area (Å²) in [5.74, 6) is -0.0392. The number of amides is 1. The van der Waals surface area contributed by atoms with Crippen molar-refractivity contribution in [2.75, 3.05) is 12.9 Å². The number of benzene rings is 2. The van der Waals surface area contributed by atoms with Crippen LogP contribution >= 0.6 is 23.5 Å². The van der Waals surface area contributed by atoms with Gasteiger partial charge >= 0.3 is 0 Å². The molecule has 0 aromatic heterocycles. The molecule has 2 aromatic carbocycles. The first-order valence-corrected chi connectivity index (χ1v) is 12.0. The van der Waals surface area contributed by atoms with Crippen molar-refractivity contribution >= 4 is 34.5 Å². The van der Waals surface area contributed by atoms with Crippen molar-refractivity contribution in [3.8, 4) is 0 Å². The summed E-state index contributed by atoms with van der Waals surface area (Å²) in [6, 6.07) is 19.2. The Morgan fingerprint density at radius 1 is 1.00 bits per heavy atom. The third-order valence-corrected chi connectivity index (χ3v) is 6.52. The number of hydrogen-bond acceptors (Lipinski definition) is 5. The molecule has 4 nitrogen and oxygen atoms in total. The van der Waals surface area contributed by atoms with E-state index in [-0.39, 0.29) is 34.7 Å². The number of rotatable bonds is 12. The summed E-state index contributed by atoms with van der Waals surface area (Å²) in [6.07, 6.45) is 5.36. The van der Waals surface area contributed by atoms with Crippen molar-refractivity contribution in [1.82, 2.24) is 5.32 Å². The van der Waals surface area contributed by atoms with Crippen LogP contribution in [0.3, 0.4) is 0 Å². The Balaban J connectivity index is 2.00. The van der Waals surface area contributed by atoms with Crippen molar-refractivity contribution in [3.63, 3.8) is 0 Å². The predicted molar refractivity (Wildman–Crippen MR) is 123 cm³/mol. The van der Waals surface area contributed by atoms with Gasteiger partial charge in [0.15, 0.2) is 0 Å². The largest absolute Gasteiger partial charge is 0.396 e. The molecule has 0 saturated heterocycles. The molecular weight excluding hydrogens is 402 g/mol. The van der Waals surface area contributed by atoms with Crippen LogP contribution in [0.15, 0.2) is 60.7 Å². The molecule has 2 N–H and O–H groups in total. The van der Waals surface area contributed by atoms with E-state index in [1.165, 1.54) is 11.8 Å². The first-order valence-electron chi connectivity index (χ1n) is 9.85. The van der Waals surface area contributed by atoms with E-state index in [2.05, 4.69) is 5.32 Å². The van der Waals surface area contributed by atoms with Crippen LogP contribution in [0.5, 0.6) is 0 Å². The first-order chi connectivity index (χ1) is 14.1. The highest BCUT2D eigenvalue weighted by Crippen LogP contribution is 2.24. The molecule has 2 atom stereocenters. The maximum Gasteiger partial charge on any atom is 0.222 e. The number of carbonyl (C=O) groups is 2. The molecular formula is C23H29NO3S2. The quantitative estimate of drug-likeness (QED) is 0.382. The SMILES string of the molecule is CSC(CCCCO)NC(=O)CC(Cc1ccccc1)SC(=O)c1ccccc1. The lowest BCUT2D eigenvalue weighted by atomic mass is 10.1. The summed E-state index contributed by atoms with van der Waals surface area (Å²) in [7, 11) is 0. The molecule has 0 aliphatic carbocycles. The fourth-order valence-electron chi connectivity index (χ4n) is 2.96. The molecule has 2 aromatic rings. The van der Waals surface area contributed by atoms with Crippen molar-refractivity contribution in [2.24, 2.45) is 0 Å². The van der Waals surface area contributed by atoms with Gasteiger partial charge in [0.05, 0.1) is 5.37 Å². The van der Waals surface area contributed by atoms with E-state index in [4.69, 9.17) is 5.11 Å². The average molecular weight is 432 g/mol. The number of hydrogen-bond donors (Lipinski definition) is 2. The molecule has 0 fully saturated rings. The van der Waals surface area contributed by atoms with Gasteiger partial charge < -0.3 is 10.4 Å². The van der Waals surface area contributed by atoms with Crippen LogP contribution in [0.1, 0.15) is 41.6 Å². The Morgan fingerprint density at radius 2 is 1.66 bits per heavy atom. The van der Waals surface area contributed by atoms with Crippen molar-refractivity contribution in [2.45, 2.75) is 42.7 Å². The summed E-state index contributed by atoms with van der Waals surface area (Å²) >= 11 is 2.84. The van der Waals surface area contributed by atoms with Gasteiger partial charge in [0, 0.05) is 23.8 Å². The topological polar surface area (TPSA) is 66.4 Å². The highest BCUT2D eigenvalue weighted by atomic mass is 32.2. The molecule has 0 saturated carbocycles. The van der Waals surface area contributed by atoms with Gasteiger partial charge in [-0.05, 0) is 37.5 Å². The van der Waals surface area contributed by atoms with E-state index in [1.54, 1.807) is 23.9 Å². The van der Waals surface area contributed by atoms with Crippen LogP contribution in [-0.4, -0.2) is 39.6 Å². The molecule has 6 heteroatoms. The van der Waals surface area contributed by atoms with E-state index in [0.29, 0.717) is 12.0 Å². The average Bonchev–Trinajstić information content (AvgIpc) is 2.74. The first kappa shape index (κ1) is 23.5. The Bertz CT molecular complexity index is 740. The molecule has 2 rings (SSSR count). The van der Waals surface area contributed by atoms with Crippen LogP contribution in [0.4, 0.5) is 0 Å². The van der Waals surface area contributed by atoms with E-state index < -0.39 is 0 Å². The van der Waals surface area contributed by atoms with Gasteiger partial charge in [-0.1, -0.05) is 72.4 Å². The second-order valence-corrected chi connectivity index (χ2v) is 9.11. The third kappa shape index (κ3) is 9.07. The maximum atomic E-state index is 12.7. The van der Waals surface area contributed by atoms with E-state index in [1.807, 2.05) is 54.8 Å². The fourth-order valence-corrected chi connectivity index (χ4v) is 4.70. The number of aliphatic hydroxyl groups excluding tert-OH is 1. The Labute approximate surface area is 181 Å². The molecule has 2 unspecified atom stereocenters. The second-order valence-electron chi connectivity index (χ2n) is 6.80. The second kappa shape index (κ2) is 13.5. The summed E-state index contributed by atoms with van der Waals surface area (Å²) in [4.78, 5) is 25.3. The highest BCUT2D eigenvalue weighted by molar-refractivity contribution is 8.14. The lowest BCUT2D eigenvalue weighted by Gasteiger charge is -2.20. The molecule has 0 bridgehead atoms. The number of unbranched alkanes of at least 4 members (excludes halogenated alkanes) is 1. The summed E-state index contributed by atoms with van der Waals surface area (Å²) < 4.78 is 0. The van der Waals surface area contributed by atoms with Crippen molar-refractivity contribution in [3.05, 3.63) is 71.8 Å². The van der Waals surface area contributed by atoms with Gasteiger partial charge in [0.1, 0.15) is 0 Å². The minimum Gasteiger partial charge on any atom is -0.396 e. The smallest absolute Gasteiger partial charge is 0.222 e. The highest BCUT2D eigenvalue weighted by Gasteiger charge is 2.21. The third-order valence-electron chi connectivity index (χ3n) is 4.48. The molecule has 1 amide bonds. The fraction of sp³-hybridized carbons (Fsp3) is 0.391. The van der Waals surface area contributed by atoms with Gasteiger partial charge in [0.2, 0.25) is 11.0 Å². The van der Waals surface area contributed by atoms with E-state index in [0.717, 1.165) is 24.8 Å². The summed E-state index contributed by atoms with van der Waals surface area (Å²) in [5.41, 5.74) is 1.77. The molecule has 29 heavy (non-hydrogen) atoms. The summed E-state index contributed by atoms with van der Waals surface area (Å²) in [5, 5.41) is 11.9. The lowest BCUT2D eigenvalue weighted by Crippen LogP contribution is -2.34. The normalized spacial score (nSPS) is 12.9. The van der Waals surface area contributed by atoms with Crippen LogP contribution < -0.4 is 5.32 Å². The van der Waals surface area contributed by atoms with Crippen LogP contribution in [0, 0.1) is 0 Å². The molecule has 0 aliphatic rings. The zero-order chi connectivity index (χ0) is 20.9. The van der Waals surface area contributed by atoms with Crippen LogP contribution in [0.2, 0.25) is 0 Å². The number of carbonyl (C=O) groups excluding carboxylic acids is 2. The van der Waals surface area contributed by atoms with Crippen molar-refractivity contribution in [1.29, 1.82) is 0 Å². The standard InChI is InChI=1S/C23H29NO3S2/c1-28-22(14-8-9-15-25)24-21(26)17-20(16-18-10-4-2-5-11-18)29-23(27)19-12-6-3-7-13-19/h2-7,10-13,20,22,25H,8-9,14-17H2,1H3,(H,24,26). The zero-order valence-electron chi connectivity index (χ0n) is 16.8. The number of nitrogens with one attached hydrogen (secondary N) is 1. The maximum absolute atomic E-state index is 12.7. The Hall–Kier alpha value is -1.76. The Kier molecular flexibility index (Phi) is 10.9. The van der Waals surface area contributed by atoms with Gasteiger partial charge in [-0.3, -0.25) is 9.59 Å². The van der Waals surface area contributed by atoms with E-state index in [9.17, 15) is 9.59 Å². The molecule has 0 heterocycles. The lowest BCUT2D eigenvalue weighted by molar-refractivity contribution is -0.121. The van der Waals surface area contributed by atoms with Gasteiger partial charge in [-0.25, -0.2) is 0 Å². The Morgan fingerprint density at radius 3 is 2.28 bits per heavy atom. The predicted octanol–water partition coefficient (Wildman–Crippen LogP) is 4.53. The number of aliphatic hydroxyl groups is 1. The molecule has 0 radical (unpaired) electrons. The molecule has 0 aliphatic heterocycles. The minimum atomic E-state index is -0.134. The van der Waals surface area contributed by atoms with Gasteiger partial charge in [-0.2, -0.15) is 0 Å². The van der Waals surface area contributed by atoms with Crippen LogP contribution in [-0.2, 0) is 11.2 Å². The number of thioether (sulfide) groups is 2. The molecule has 156 valence electrons. The zero-order valence-corrected chi connectivity index (χ0v) is 18.4. The van der Waals surface area contributed by atoms with Gasteiger partial charge in [-0.15, -0.1) is 11.8 Å². The minimum absolute atomic E-state index is 0.0105.